The molecule has 1 fully saturated rings. The number of carbonyl (C=O) groups excluding carboxylic acids is 1. The summed E-state index contributed by atoms with van der Waals surface area (Å²) in [5.41, 5.74) is 1.35. The van der Waals surface area contributed by atoms with Crippen LogP contribution in [-0.2, 0) is 16.6 Å². The van der Waals surface area contributed by atoms with Crippen molar-refractivity contribution in [3.05, 3.63) is 42.0 Å². The van der Waals surface area contributed by atoms with Crippen molar-refractivity contribution < 1.29 is 13.2 Å². The monoisotopic (exact) mass is 360 g/mol. The van der Waals surface area contributed by atoms with Crippen molar-refractivity contribution >= 4 is 15.9 Å². The molecule has 1 amide bonds. The zero-order valence-electron chi connectivity index (χ0n) is 13.7. The first-order chi connectivity index (χ1) is 12.1. The number of nitrogens with one attached hydrogen (secondary N) is 2. The molecule has 7 nitrogen and oxygen atoms in total. The van der Waals surface area contributed by atoms with Crippen molar-refractivity contribution in [3.63, 3.8) is 0 Å². The summed E-state index contributed by atoms with van der Waals surface area (Å²) in [6, 6.07) is 6.89. The van der Waals surface area contributed by atoms with Gasteiger partial charge in [0.25, 0.3) is 5.91 Å². The molecule has 0 saturated heterocycles. The lowest BCUT2D eigenvalue weighted by Crippen LogP contribution is -2.37. The van der Waals surface area contributed by atoms with Crippen LogP contribution < -0.4 is 10.0 Å². The predicted octanol–water partition coefficient (Wildman–Crippen LogP) is 1.73. The smallest absolute Gasteiger partial charge is 0.272 e. The van der Waals surface area contributed by atoms with Crippen molar-refractivity contribution in [2.75, 3.05) is 0 Å². The van der Waals surface area contributed by atoms with E-state index in [4.69, 9.17) is 0 Å². The van der Waals surface area contributed by atoms with Gasteiger partial charge in [-0.2, -0.15) is 0 Å². The molecule has 0 unspecified atom stereocenters. The number of carbonyl (C=O) groups is 1. The Morgan fingerprint density at radius 2 is 1.96 bits per heavy atom. The number of rotatable bonds is 2. The fraction of sp³-hybridized carbons (Fsp3) is 0.412. The van der Waals surface area contributed by atoms with Gasteiger partial charge < -0.3 is 5.32 Å². The molecule has 2 N–H and O–H groups in total. The second kappa shape index (κ2) is 6.27. The molecule has 0 bridgehead atoms. The lowest BCUT2D eigenvalue weighted by molar-refractivity contribution is 0.0922. The summed E-state index contributed by atoms with van der Waals surface area (Å²) in [7, 11) is -3.62. The number of sulfonamides is 1. The second-order valence-electron chi connectivity index (χ2n) is 6.51. The van der Waals surface area contributed by atoms with Crippen LogP contribution in [0.15, 0.2) is 35.5 Å². The number of fused-ring (bicyclic) bond motifs is 3. The minimum absolute atomic E-state index is 0.0322. The molecule has 0 spiro atoms. The van der Waals surface area contributed by atoms with Crippen LogP contribution in [0.5, 0.6) is 0 Å². The summed E-state index contributed by atoms with van der Waals surface area (Å²) in [5.74, 6) is -0.237. The zero-order valence-corrected chi connectivity index (χ0v) is 14.6. The molecular weight excluding hydrogens is 340 g/mol. The largest absolute Gasteiger partial charge is 0.348 e. The number of hydrogen-bond acceptors (Lipinski definition) is 4. The maximum atomic E-state index is 12.7. The maximum absolute atomic E-state index is 12.7. The number of aromatic nitrogens is 2. The minimum Gasteiger partial charge on any atom is -0.348 e. The van der Waals surface area contributed by atoms with E-state index in [1.165, 1.54) is 12.7 Å². The third kappa shape index (κ3) is 2.96. The van der Waals surface area contributed by atoms with Gasteiger partial charge in [-0.05, 0) is 25.0 Å². The first-order valence-electron chi connectivity index (χ1n) is 8.52. The quantitative estimate of drug-likeness (QED) is 0.853. The molecule has 1 saturated carbocycles. The van der Waals surface area contributed by atoms with Crippen LogP contribution in [0.4, 0.5) is 0 Å². The number of nitrogens with zero attached hydrogens (tertiary/aromatic N) is 2. The first kappa shape index (κ1) is 16.3. The summed E-state index contributed by atoms with van der Waals surface area (Å²) >= 11 is 0. The topological polar surface area (TPSA) is 93.1 Å². The van der Waals surface area contributed by atoms with E-state index in [1.807, 2.05) is 0 Å². The lowest BCUT2D eigenvalue weighted by Gasteiger charge is -2.22. The maximum Gasteiger partial charge on any atom is 0.272 e. The Morgan fingerprint density at radius 1 is 1.20 bits per heavy atom. The summed E-state index contributed by atoms with van der Waals surface area (Å²) in [6.07, 6.45) is 6.95. The fourth-order valence-electron chi connectivity index (χ4n) is 3.57. The molecule has 0 radical (unpaired) electrons. The lowest BCUT2D eigenvalue weighted by atomic mass is 9.95. The van der Waals surface area contributed by atoms with Gasteiger partial charge in [-0.3, -0.25) is 9.36 Å². The van der Waals surface area contributed by atoms with E-state index in [1.54, 1.807) is 28.8 Å². The van der Waals surface area contributed by atoms with Gasteiger partial charge in [0.2, 0.25) is 10.0 Å². The highest BCUT2D eigenvalue weighted by atomic mass is 32.2. The molecule has 1 aliphatic carbocycles. The van der Waals surface area contributed by atoms with Crippen molar-refractivity contribution in [2.24, 2.45) is 0 Å². The number of hydrogen-bond donors (Lipinski definition) is 2. The normalized spacial score (nSPS) is 19.5. The van der Waals surface area contributed by atoms with Crippen LogP contribution in [0.25, 0.3) is 5.69 Å². The van der Waals surface area contributed by atoms with Gasteiger partial charge in [0.05, 0.1) is 17.9 Å². The Morgan fingerprint density at radius 3 is 2.76 bits per heavy atom. The van der Waals surface area contributed by atoms with Gasteiger partial charge in [0, 0.05) is 6.04 Å². The molecule has 1 aromatic carbocycles. The molecule has 25 heavy (non-hydrogen) atoms. The molecule has 4 rings (SSSR count). The number of imidazole rings is 1. The van der Waals surface area contributed by atoms with Gasteiger partial charge in [-0.1, -0.05) is 31.4 Å². The fourth-order valence-corrected chi connectivity index (χ4v) is 4.75. The van der Waals surface area contributed by atoms with Gasteiger partial charge in [-0.15, -0.1) is 0 Å². The zero-order chi connectivity index (χ0) is 17.4. The Labute approximate surface area is 146 Å². The van der Waals surface area contributed by atoms with Crippen molar-refractivity contribution in [1.29, 1.82) is 0 Å². The Kier molecular flexibility index (Phi) is 4.09. The highest BCUT2D eigenvalue weighted by Gasteiger charge is 2.29. The molecule has 8 heteroatoms. The summed E-state index contributed by atoms with van der Waals surface area (Å²) < 4.78 is 29.1. The minimum atomic E-state index is -3.62. The molecule has 2 aliphatic rings. The van der Waals surface area contributed by atoms with Crippen molar-refractivity contribution in [1.82, 2.24) is 19.6 Å². The highest BCUT2D eigenvalue weighted by Crippen LogP contribution is 2.26. The third-order valence-corrected chi connectivity index (χ3v) is 6.31. The van der Waals surface area contributed by atoms with Gasteiger partial charge in [-0.25, -0.2) is 18.1 Å². The van der Waals surface area contributed by atoms with E-state index in [2.05, 4.69) is 15.0 Å². The molecular formula is C17H20N4O3S. The SMILES string of the molecule is O=C(NC1CCCCC1)c1ncn2c1CNS(=O)(=O)c1ccccc1-2. The van der Waals surface area contributed by atoms with Crippen LogP contribution in [-0.4, -0.2) is 29.9 Å². The second-order valence-corrected chi connectivity index (χ2v) is 8.25. The van der Waals surface area contributed by atoms with E-state index < -0.39 is 10.0 Å². The van der Waals surface area contributed by atoms with E-state index in [-0.39, 0.29) is 29.1 Å². The predicted molar refractivity (Wildman–Crippen MR) is 91.9 cm³/mol. The van der Waals surface area contributed by atoms with Gasteiger partial charge in [0.1, 0.15) is 11.2 Å². The number of para-hydroxylation sites is 1. The molecule has 2 heterocycles. The van der Waals surface area contributed by atoms with E-state index >= 15 is 0 Å². The highest BCUT2D eigenvalue weighted by molar-refractivity contribution is 7.89. The van der Waals surface area contributed by atoms with E-state index in [9.17, 15) is 13.2 Å². The molecule has 1 aromatic heterocycles. The first-order valence-corrected chi connectivity index (χ1v) is 10.0. The van der Waals surface area contributed by atoms with Gasteiger partial charge in [0.15, 0.2) is 5.69 Å². The average Bonchev–Trinajstić information content (AvgIpc) is 3.00. The van der Waals surface area contributed by atoms with E-state index in [0.717, 1.165) is 25.7 Å². The average molecular weight is 360 g/mol. The van der Waals surface area contributed by atoms with Crippen LogP contribution in [0.3, 0.4) is 0 Å². The molecule has 0 atom stereocenters. The van der Waals surface area contributed by atoms with Crippen LogP contribution in [0.1, 0.15) is 48.3 Å². The number of amides is 1. The van der Waals surface area contributed by atoms with Crippen LogP contribution in [0.2, 0.25) is 0 Å². The molecule has 1 aliphatic heterocycles. The Bertz CT molecular complexity index is 914. The summed E-state index contributed by atoms with van der Waals surface area (Å²) in [4.78, 5) is 17.1. The third-order valence-electron chi connectivity index (χ3n) is 4.87. The standard InChI is InChI=1S/C17H20N4O3S/c22-17(20-12-6-2-1-3-7-12)16-14-10-19-25(23,24)15-9-5-4-8-13(15)21(14)11-18-16/h4-5,8-9,11-12,19H,1-3,6-7,10H2,(H,20,22). The van der Waals surface area contributed by atoms with E-state index in [0.29, 0.717) is 11.4 Å². The Hall–Kier alpha value is -2.19. The summed E-state index contributed by atoms with van der Waals surface area (Å²) in [5, 5.41) is 3.04. The number of benzene rings is 1. The van der Waals surface area contributed by atoms with Gasteiger partial charge >= 0.3 is 0 Å². The van der Waals surface area contributed by atoms with Crippen molar-refractivity contribution in [2.45, 2.75) is 49.6 Å². The van der Waals surface area contributed by atoms with Crippen molar-refractivity contribution in [3.8, 4) is 5.69 Å². The molecule has 2 aromatic rings. The molecule has 132 valence electrons. The Balaban J connectivity index is 1.70. The van der Waals surface area contributed by atoms with Crippen LogP contribution >= 0.6 is 0 Å². The summed E-state index contributed by atoms with van der Waals surface area (Å²) in [6.45, 7) is 0.0322. The van der Waals surface area contributed by atoms with Crippen LogP contribution in [0, 0.1) is 0 Å².